The molecule has 1 aliphatic carbocycles. The van der Waals surface area contributed by atoms with E-state index >= 15 is 0 Å². The molecule has 0 radical (unpaired) electrons. The maximum absolute atomic E-state index is 12.3. The van der Waals surface area contributed by atoms with Crippen molar-refractivity contribution in [3.63, 3.8) is 0 Å². The van der Waals surface area contributed by atoms with Crippen molar-refractivity contribution < 1.29 is 19.1 Å². The van der Waals surface area contributed by atoms with E-state index in [1.807, 2.05) is 13.0 Å². The molecule has 0 aromatic heterocycles. The number of esters is 1. The fraction of sp³-hybridized carbons (Fsp3) is 0.318. The number of rotatable bonds is 4. The van der Waals surface area contributed by atoms with Crippen molar-refractivity contribution >= 4 is 23.5 Å². The number of aryl methyl sites for hydroxylation is 2. The first kappa shape index (κ1) is 19.6. The largest absolute Gasteiger partial charge is 0.465 e. The average molecular weight is 380 g/mol. The molecule has 0 saturated carbocycles. The molecule has 6 nitrogen and oxygen atoms in total. The van der Waals surface area contributed by atoms with Crippen LogP contribution in [-0.4, -0.2) is 24.9 Å². The Bertz CT molecular complexity index is 907. The van der Waals surface area contributed by atoms with E-state index in [-0.39, 0.29) is 17.3 Å². The lowest BCUT2D eigenvalue weighted by molar-refractivity contribution is -0.136. The summed E-state index contributed by atoms with van der Waals surface area (Å²) in [6.45, 7) is 1.85. The van der Waals surface area contributed by atoms with E-state index in [2.05, 4.69) is 22.8 Å². The number of ether oxygens (including phenoxy) is 1. The van der Waals surface area contributed by atoms with E-state index in [4.69, 9.17) is 4.74 Å². The summed E-state index contributed by atoms with van der Waals surface area (Å²) in [6, 6.07) is 12.3. The van der Waals surface area contributed by atoms with Crippen molar-refractivity contribution in [2.24, 2.45) is 0 Å². The zero-order valence-electron chi connectivity index (χ0n) is 16.1. The van der Waals surface area contributed by atoms with Crippen molar-refractivity contribution in [1.82, 2.24) is 5.32 Å². The van der Waals surface area contributed by atoms with E-state index in [1.54, 1.807) is 18.2 Å². The summed E-state index contributed by atoms with van der Waals surface area (Å²) in [5.74, 6) is -2.18. The Balaban J connectivity index is 1.66. The molecule has 28 heavy (non-hydrogen) atoms. The zero-order chi connectivity index (χ0) is 20.1. The molecule has 146 valence electrons. The molecule has 2 aromatic rings. The number of methoxy groups -OCH3 is 1. The molecule has 1 unspecified atom stereocenters. The summed E-state index contributed by atoms with van der Waals surface area (Å²) in [5.41, 5.74) is 4.08. The zero-order valence-corrected chi connectivity index (χ0v) is 16.1. The molecule has 0 fully saturated rings. The van der Waals surface area contributed by atoms with Crippen LogP contribution in [0.5, 0.6) is 0 Å². The van der Waals surface area contributed by atoms with Crippen LogP contribution in [0, 0.1) is 0 Å². The second-order valence-corrected chi connectivity index (χ2v) is 6.92. The van der Waals surface area contributed by atoms with Gasteiger partial charge in [-0.15, -0.1) is 0 Å². The van der Waals surface area contributed by atoms with E-state index in [1.165, 1.54) is 37.1 Å². The fourth-order valence-corrected chi connectivity index (χ4v) is 3.43. The predicted octanol–water partition coefficient (Wildman–Crippen LogP) is 3.17. The Labute approximate surface area is 164 Å². The molecular weight excluding hydrogens is 356 g/mol. The molecule has 0 saturated heterocycles. The third-order valence-electron chi connectivity index (χ3n) is 5.01. The minimum Gasteiger partial charge on any atom is -0.465 e. The van der Waals surface area contributed by atoms with Gasteiger partial charge in [0.05, 0.1) is 24.4 Å². The van der Waals surface area contributed by atoms with Crippen LogP contribution in [0.1, 0.15) is 52.9 Å². The van der Waals surface area contributed by atoms with Gasteiger partial charge in [-0.25, -0.2) is 4.79 Å². The van der Waals surface area contributed by atoms with Crippen LogP contribution in [0.2, 0.25) is 0 Å². The van der Waals surface area contributed by atoms with Gasteiger partial charge < -0.3 is 15.4 Å². The van der Waals surface area contributed by atoms with Gasteiger partial charge in [-0.1, -0.05) is 30.3 Å². The molecule has 1 aliphatic rings. The lowest BCUT2D eigenvalue weighted by Gasteiger charge is -2.20. The number of amides is 2. The second-order valence-electron chi connectivity index (χ2n) is 6.92. The summed E-state index contributed by atoms with van der Waals surface area (Å²) in [5, 5.41) is 5.20. The SMILES string of the molecule is COC(=O)c1ccccc1NC(=O)C(=O)NC(C)c1ccc2c(c1)CCCC2. The molecule has 1 atom stereocenters. The number of carbonyl (C=O) groups excluding carboxylic acids is 3. The highest BCUT2D eigenvalue weighted by Gasteiger charge is 2.21. The van der Waals surface area contributed by atoms with Gasteiger partial charge in [0.15, 0.2) is 0 Å². The Morgan fingerprint density at radius 2 is 1.68 bits per heavy atom. The van der Waals surface area contributed by atoms with E-state index < -0.39 is 17.8 Å². The number of hydrogen-bond acceptors (Lipinski definition) is 4. The third-order valence-corrected chi connectivity index (χ3v) is 5.01. The smallest absolute Gasteiger partial charge is 0.339 e. The lowest BCUT2D eigenvalue weighted by atomic mass is 9.89. The maximum Gasteiger partial charge on any atom is 0.339 e. The van der Waals surface area contributed by atoms with Gasteiger partial charge >= 0.3 is 17.8 Å². The van der Waals surface area contributed by atoms with E-state index in [0.717, 1.165) is 18.4 Å². The first-order chi connectivity index (χ1) is 13.5. The second kappa shape index (κ2) is 8.69. The van der Waals surface area contributed by atoms with Crippen molar-refractivity contribution in [3.05, 3.63) is 64.7 Å². The first-order valence-electron chi connectivity index (χ1n) is 9.40. The van der Waals surface area contributed by atoms with Crippen molar-refractivity contribution in [2.75, 3.05) is 12.4 Å². The fourth-order valence-electron chi connectivity index (χ4n) is 3.43. The van der Waals surface area contributed by atoms with Crippen molar-refractivity contribution in [2.45, 2.75) is 38.6 Å². The molecule has 0 bridgehead atoms. The number of nitrogens with one attached hydrogen (secondary N) is 2. The Hall–Kier alpha value is -3.15. The van der Waals surface area contributed by atoms with Crippen LogP contribution >= 0.6 is 0 Å². The van der Waals surface area contributed by atoms with Gasteiger partial charge in [-0.05, 0) is 61.4 Å². The number of anilines is 1. The highest BCUT2D eigenvalue weighted by molar-refractivity contribution is 6.40. The number of benzene rings is 2. The first-order valence-corrected chi connectivity index (χ1v) is 9.40. The summed E-state index contributed by atoms with van der Waals surface area (Å²) in [4.78, 5) is 36.4. The average Bonchev–Trinajstić information content (AvgIpc) is 2.73. The summed E-state index contributed by atoms with van der Waals surface area (Å²) in [6.07, 6.45) is 4.54. The van der Waals surface area contributed by atoms with Crippen molar-refractivity contribution in [1.29, 1.82) is 0 Å². The van der Waals surface area contributed by atoms with Crippen LogP contribution in [0.25, 0.3) is 0 Å². The van der Waals surface area contributed by atoms with Crippen LogP contribution in [0.4, 0.5) is 5.69 Å². The lowest BCUT2D eigenvalue weighted by Crippen LogP contribution is -2.37. The molecule has 2 aromatic carbocycles. The van der Waals surface area contributed by atoms with Crippen LogP contribution < -0.4 is 10.6 Å². The molecule has 0 spiro atoms. The molecule has 2 N–H and O–H groups in total. The van der Waals surface area contributed by atoms with Gasteiger partial charge in [-0.3, -0.25) is 9.59 Å². The Morgan fingerprint density at radius 1 is 0.964 bits per heavy atom. The van der Waals surface area contributed by atoms with Gasteiger partial charge in [0, 0.05) is 0 Å². The van der Waals surface area contributed by atoms with Crippen molar-refractivity contribution in [3.8, 4) is 0 Å². The highest BCUT2D eigenvalue weighted by Crippen LogP contribution is 2.24. The van der Waals surface area contributed by atoms with Gasteiger partial charge in [0.25, 0.3) is 0 Å². The van der Waals surface area contributed by atoms with Gasteiger partial charge in [0.2, 0.25) is 0 Å². The minimum atomic E-state index is -0.832. The molecule has 6 heteroatoms. The highest BCUT2D eigenvalue weighted by atomic mass is 16.5. The molecular formula is C22H24N2O4. The summed E-state index contributed by atoms with van der Waals surface area (Å²) in [7, 11) is 1.26. The molecule has 3 rings (SSSR count). The normalized spacial score (nSPS) is 13.8. The third kappa shape index (κ3) is 4.39. The van der Waals surface area contributed by atoms with Crippen LogP contribution in [-0.2, 0) is 27.2 Å². The molecule has 0 aliphatic heterocycles. The number of para-hydroxylation sites is 1. The maximum atomic E-state index is 12.3. The minimum absolute atomic E-state index is 0.189. The number of hydrogen-bond donors (Lipinski definition) is 2. The quantitative estimate of drug-likeness (QED) is 0.630. The summed E-state index contributed by atoms with van der Waals surface area (Å²) >= 11 is 0. The Kier molecular flexibility index (Phi) is 6.09. The van der Waals surface area contributed by atoms with E-state index in [9.17, 15) is 14.4 Å². The van der Waals surface area contributed by atoms with E-state index in [0.29, 0.717) is 0 Å². The molecule has 2 amide bonds. The Morgan fingerprint density at radius 3 is 2.43 bits per heavy atom. The van der Waals surface area contributed by atoms with Gasteiger partial charge in [0.1, 0.15) is 0 Å². The number of carbonyl (C=O) groups is 3. The summed E-state index contributed by atoms with van der Waals surface area (Å²) < 4.78 is 4.70. The standard InChI is InChI=1S/C22H24N2O4/c1-14(16-12-11-15-7-3-4-8-17(15)13-16)23-20(25)21(26)24-19-10-6-5-9-18(19)22(27)28-2/h5-6,9-14H,3-4,7-8H2,1-2H3,(H,23,25)(H,24,26). The number of fused-ring (bicyclic) bond motifs is 1. The molecule has 0 heterocycles. The van der Waals surface area contributed by atoms with Crippen LogP contribution in [0.3, 0.4) is 0 Å². The topological polar surface area (TPSA) is 84.5 Å². The van der Waals surface area contributed by atoms with Gasteiger partial charge in [-0.2, -0.15) is 0 Å². The monoisotopic (exact) mass is 380 g/mol. The predicted molar refractivity (Wildman–Crippen MR) is 106 cm³/mol. The van der Waals surface area contributed by atoms with Crippen LogP contribution in [0.15, 0.2) is 42.5 Å².